The van der Waals surface area contributed by atoms with Crippen LogP contribution in [0.5, 0.6) is 5.75 Å². The molecule has 0 aliphatic rings. The zero-order valence-corrected chi connectivity index (χ0v) is 17.0. The van der Waals surface area contributed by atoms with Crippen molar-refractivity contribution in [2.75, 3.05) is 10.6 Å². The van der Waals surface area contributed by atoms with E-state index in [0.29, 0.717) is 33.5 Å². The number of hydrogen-bond acceptors (Lipinski definition) is 7. The molecule has 0 aliphatic heterocycles. The molecule has 8 nitrogen and oxygen atoms in total. The average molecular weight is 431 g/mol. The van der Waals surface area contributed by atoms with Gasteiger partial charge in [-0.1, -0.05) is 30.3 Å². The number of amides is 2. The summed E-state index contributed by atoms with van der Waals surface area (Å²) in [4.78, 5) is 37.2. The first-order chi connectivity index (χ1) is 15.1. The minimum atomic E-state index is -0.278. The van der Waals surface area contributed by atoms with E-state index in [9.17, 15) is 14.7 Å². The van der Waals surface area contributed by atoms with Gasteiger partial charge in [0.25, 0.3) is 5.91 Å². The van der Waals surface area contributed by atoms with Crippen LogP contribution in [0.3, 0.4) is 0 Å². The monoisotopic (exact) mass is 431 g/mol. The standard InChI is InChI=1S/C22H17N5O3S/c28-18-8-4-7-15(9-18)20-23-11-17(12-24-20)25-19(29)10-16-13-31-22(26-16)27-21(30)14-5-2-1-3-6-14/h1-9,11-13,28H,10H2,(H,25,29)(H,26,27,30). The Morgan fingerprint density at radius 2 is 1.74 bits per heavy atom. The Kier molecular flexibility index (Phi) is 5.95. The van der Waals surface area contributed by atoms with Crippen LogP contribution in [0.1, 0.15) is 16.1 Å². The number of phenolic OH excluding ortho intramolecular Hbond substituents is 1. The Morgan fingerprint density at radius 1 is 0.968 bits per heavy atom. The first-order valence-electron chi connectivity index (χ1n) is 9.29. The number of anilines is 2. The van der Waals surface area contributed by atoms with Crippen molar-refractivity contribution in [2.45, 2.75) is 6.42 Å². The van der Waals surface area contributed by atoms with Crippen molar-refractivity contribution in [3.05, 3.63) is 83.6 Å². The molecule has 0 fully saturated rings. The first-order valence-corrected chi connectivity index (χ1v) is 10.2. The average Bonchev–Trinajstić information content (AvgIpc) is 3.21. The number of nitrogens with one attached hydrogen (secondary N) is 2. The van der Waals surface area contributed by atoms with Crippen molar-refractivity contribution in [2.24, 2.45) is 0 Å². The number of hydrogen-bond donors (Lipinski definition) is 3. The van der Waals surface area contributed by atoms with Crippen molar-refractivity contribution >= 4 is 34.0 Å². The van der Waals surface area contributed by atoms with Gasteiger partial charge in [-0.05, 0) is 24.3 Å². The second kappa shape index (κ2) is 9.14. The Hall–Kier alpha value is -4.11. The molecule has 0 saturated heterocycles. The molecular weight excluding hydrogens is 414 g/mol. The molecule has 4 aromatic rings. The lowest BCUT2D eigenvalue weighted by Crippen LogP contribution is -2.15. The van der Waals surface area contributed by atoms with E-state index in [1.165, 1.54) is 23.7 Å². The molecule has 154 valence electrons. The number of carbonyl (C=O) groups excluding carboxylic acids is 2. The Bertz CT molecular complexity index is 1210. The van der Waals surface area contributed by atoms with Crippen LogP contribution in [0.4, 0.5) is 10.8 Å². The normalized spacial score (nSPS) is 10.5. The van der Waals surface area contributed by atoms with E-state index < -0.39 is 0 Å². The summed E-state index contributed by atoms with van der Waals surface area (Å²) in [6.45, 7) is 0. The maximum Gasteiger partial charge on any atom is 0.257 e. The molecular formula is C22H17N5O3S. The highest BCUT2D eigenvalue weighted by Crippen LogP contribution is 2.21. The Labute approximate surface area is 181 Å². The fourth-order valence-corrected chi connectivity index (χ4v) is 3.47. The summed E-state index contributed by atoms with van der Waals surface area (Å²) in [5.41, 5.74) is 2.20. The Morgan fingerprint density at radius 3 is 2.48 bits per heavy atom. The van der Waals surface area contributed by atoms with E-state index >= 15 is 0 Å². The first kappa shape index (κ1) is 20.2. The molecule has 2 aromatic heterocycles. The zero-order chi connectivity index (χ0) is 21.6. The highest BCUT2D eigenvalue weighted by atomic mass is 32.1. The maximum absolute atomic E-state index is 12.3. The van der Waals surface area contributed by atoms with E-state index in [1.807, 2.05) is 6.07 Å². The summed E-state index contributed by atoms with van der Waals surface area (Å²) >= 11 is 1.25. The van der Waals surface area contributed by atoms with Crippen molar-refractivity contribution in [1.29, 1.82) is 0 Å². The van der Waals surface area contributed by atoms with Gasteiger partial charge in [0.2, 0.25) is 5.91 Å². The summed E-state index contributed by atoms with van der Waals surface area (Å²) in [5, 5.41) is 17.2. The van der Waals surface area contributed by atoms with E-state index in [-0.39, 0.29) is 24.0 Å². The largest absolute Gasteiger partial charge is 0.508 e. The molecule has 0 aliphatic carbocycles. The number of aromatic hydroxyl groups is 1. The van der Waals surface area contributed by atoms with Crippen LogP contribution in [0, 0.1) is 0 Å². The predicted octanol–water partition coefficient (Wildman–Crippen LogP) is 3.74. The van der Waals surface area contributed by atoms with E-state index in [2.05, 4.69) is 25.6 Å². The molecule has 0 unspecified atom stereocenters. The van der Waals surface area contributed by atoms with Gasteiger partial charge in [0, 0.05) is 16.5 Å². The van der Waals surface area contributed by atoms with Gasteiger partial charge in [0.05, 0.1) is 30.2 Å². The van der Waals surface area contributed by atoms with Gasteiger partial charge in [-0.3, -0.25) is 14.9 Å². The van der Waals surface area contributed by atoms with Crippen molar-refractivity contribution in [1.82, 2.24) is 15.0 Å². The second-order valence-electron chi connectivity index (χ2n) is 6.53. The smallest absolute Gasteiger partial charge is 0.257 e. The number of thiazole rings is 1. The minimum Gasteiger partial charge on any atom is -0.508 e. The third-order valence-electron chi connectivity index (χ3n) is 4.19. The fraction of sp³-hybridized carbons (Fsp3) is 0.0455. The fourth-order valence-electron chi connectivity index (χ4n) is 2.76. The zero-order valence-electron chi connectivity index (χ0n) is 16.1. The summed E-state index contributed by atoms with van der Waals surface area (Å²) < 4.78 is 0. The molecule has 0 radical (unpaired) electrons. The van der Waals surface area contributed by atoms with Gasteiger partial charge in [0.1, 0.15) is 5.75 Å². The van der Waals surface area contributed by atoms with Gasteiger partial charge < -0.3 is 10.4 Å². The van der Waals surface area contributed by atoms with Gasteiger partial charge >= 0.3 is 0 Å². The van der Waals surface area contributed by atoms with E-state index in [1.54, 1.807) is 53.9 Å². The summed E-state index contributed by atoms with van der Waals surface area (Å²) in [6, 6.07) is 15.4. The summed E-state index contributed by atoms with van der Waals surface area (Å²) in [6.07, 6.45) is 3.04. The van der Waals surface area contributed by atoms with E-state index in [4.69, 9.17) is 0 Å². The highest BCUT2D eigenvalue weighted by molar-refractivity contribution is 7.14. The van der Waals surface area contributed by atoms with Crippen molar-refractivity contribution in [3.63, 3.8) is 0 Å². The number of benzene rings is 2. The third-order valence-corrected chi connectivity index (χ3v) is 5.00. The Balaban J connectivity index is 1.33. The molecule has 4 rings (SSSR count). The van der Waals surface area contributed by atoms with Gasteiger partial charge in [-0.2, -0.15) is 0 Å². The lowest BCUT2D eigenvalue weighted by Gasteiger charge is -2.05. The van der Waals surface area contributed by atoms with E-state index in [0.717, 1.165) is 0 Å². The number of nitrogens with zero attached hydrogens (tertiary/aromatic N) is 3. The molecule has 0 saturated carbocycles. The van der Waals surface area contributed by atoms with Crippen LogP contribution in [0.15, 0.2) is 72.4 Å². The molecule has 2 aromatic carbocycles. The lowest BCUT2D eigenvalue weighted by molar-refractivity contribution is -0.115. The molecule has 3 N–H and O–H groups in total. The number of carbonyl (C=O) groups is 2. The molecule has 2 amide bonds. The number of aromatic nitrogens is 3. The molecule has 9 heteroatoms. The number of phenols is 1. The molecule has 0 bridgehead atoms. The number of rotatable bonds is 6. The van der Waals surface area contributed by atoms with Crippen LogP contribution in [-0.4, -0.2) is 31.9 Å². The summed E-state index contributed by atoms with van der Waals surface area (Å²) in [7, 11) is 0. The van der Waals surface area contributed by atoms with Crippen molar-refractivity contribution in [3.8, 4) is 17.1 Å². The summed E-state index contributed by atoms with van der Waals surface area (Å²) in [5.74, 6) is 0.0307. The second-order valence-corrected chi connectivity index (χ2v) is 7.39. The minimum absolute atomic E-state index is 0.0476. The molecule has 0 spiro atoms. The van der Waals surface area contributed by atoms with Gasteiger partial charge in [-0.15, -0.1) is 11.3 Å². The van der Waals surface area contributed by atoms with Crippen LogP contribution in [0.25, 0.3) is 11.4 Å². The topological polar surface area (TPSA) is 117 Å². The van der Waals surface area contributed by atoms with Gasteiger partial charge in [0.15, 0.2) is 11.0 Å². The van der Waals surface area contributed by atoms with Gasteiger partial charge in [-0.25, -0.2) is 15.0 Å². The van der Waals surface area contributed by atoms with Crippen LogP contribution in [0.2, 0.25) is 0 Å². The highest BCUT2D eigenvalue weighted by Gasteiger charge is 2.12. The van der Waals surface area contributed by atoms with Crippen LogP contribution >= 0.6 is 11.3 Å². The molecule has 31 heavy (non-hydrogen) atoms. The quantitative estimate of drug-likeness (QED) is 0.428. The SMILES string of the molecule is O=C(Cc1csc(NC(=O)c2ccccc2)n1)Nc1cnc(-c2cccc(O)c2)nc1. The van der Waals surface area contributed by atoms with Crippen molar-refractivity contribution < 1.29 is 14.7 Å². The third kappa shape index (κ3) is 5.28. The lowest BCUT2D eigenvalue weighted by atomic mass is 10.2. The molecule has 0 atom stereocenters. The molecule has 2 heterocycles. The van der Waals surface area contributed by atoms with Crippen LogP contribution < -0.4 is 10.6 Å². The maximum atomic E-state index is 12.3. The van der Waals surface area contributed by atoms with Crippen LogP contribution in [-0.2, 0) is 11.2 Å². The predicted molar refractivity (Wildman–Crippen MR) is 118 cm³/mol.